The molecular weight excluding hydrogens is 266 g/mol. The number of fused-ring (bicyclic) bond motifs is 1. The van der Waals surface area contributed by atoms with Crippen LogP contribution in [-0.2, 0) is 6.61 Å². The highest BCUT2D eigenvalue weighted by Gasteiger charge is 2.05. The van der Waals surface area contributed by atoms with Gasteiger partial charge in [0.15, 0.2) is 0 Å². The van der Waals surface area contributed by atoms with Crippen LogP contribution in [0.5, 0.6) is 5.75 Å². The lowest BCUT2D eigenvalue weighted by Gasteiger charge is -2.08. The summed E-state index contributed by atoms with van der Waals surface area (Å²) in [6.07, 6.45) is 1.73. The number of aromatic nitrogens is 1. The fourth-order valence-corrected chi connectivity index (χ4v) is 2.10. The largest absolute Gasteiger partial charge is 0.487 e. The highest BCUT2D eigenvalue weighted by Crippen LogP contribution is 2.23. The SMILES string of the molecule is O=C(O)c1ccc(COc2cccc3cccnc23)cc1. The molecule has 3 rings (SSSR count). The summed E-state index contributed by atoms with van der Waals surface area (Å²) in [6.45, 7) is 0.371. The van der Waals surface area contributed by atoms with E-state index >= 15 is 0 Å². The fourth-order valence-electron chi connectivity index (χ4n) is 2.10. The fraction of sp³-hybridized carbons (Fsp3) is 0.0588. The van der Waals surface area contributed by atoms with Crippen LogP contribution in [0.1, 0.15) is 15.9 Å². The molecule has 0 amide bonds. The number of rotatable bonds is 4. The van der Waals surface area contributed by atoms with Crippen molar-refractivity contribution in [2.45, 2.75) is 6.61 Å². The number of hydrogen-bond acceptors (Lipinski definition) is 3. The lowest BCUT2D eigenvalue weighted by atomic mass is 10.1. The molecule has 0 saturated carbocycles. The second-order valence-corrected chi connectivity index (χ2v) is 4.62. The molecule has 0 saturated heterocycles. The minimum Gasteiger partial charge on any atom is -0.487 e. The molecule has 0 bridgehead atoms. The van der Waals surface area contributed by atoms with Gasteiger partial charge in [-0.3, -0.25) is 4.98 Å². The first-order chi connectivity index (χ1) is 10.2. The Morgan fingerprint density at radius 3 is 2.57 bits per heavy atom. The summed E-state index contributed by atoms with van der Waals surface area (Å²) in [5.74, 6) is -0.212. The Bertz CT molecular complexity index is 776. The van der Waals surface area contributed by atoms with Gasteiger partial charge in [0.1, 0.15) is 17.9 Å². The molecule has 0 spiro atoms. The van der Waals surface area contributed by atoms with Crippen LogP contribution in [0.3, 0.4) is 0 Å². The van der Waals surface area contributed by atoms with Crippen LogP contribution in [0.4, 0.5) is 0 Å². The molecule has 0 atom stereocenters. The van der Waals surface area contributed by atoms with Crippen LogP contribution < -0.4 is 4.74 Å². The van der Waals surface area contributed by atoms with E-state index in [1.807, 2.05) is 30.3 Å². The minimum absolute atomic E-state index is 0.269. The summed E-state index contributed by atoms with van der Waals surface area (Å²) in [4.78, 5) is 15.1. The number of aromatic carboxylic acids is 1. The van der Waals surface area contributed by atoms with Crippen LogP contribution in [0.15, 0.2) is 60.8 Å². The molecule has 1 heterocycles. The molecule has 2 aromatic carbocycles. The van der Waals surface area contributed by atoms with Crippen LogP contribution >= 0.6 is 0 Å². The normalized spacial score (nSPS) is 10.5. The molecule has 21 heavy (non-hydrogen) atoms. The summed E-state index contributed by atoms with van der Waals surface area (Å²) < 4.78 is 5.80. The second kappa shape index (κ2) is 5.63. The third-order valence-electron chi connectivity index (χ3n) is 3.19. The first-order valence-corrected chi connectivity index (χ1v) is 6.53. The highest BCUT2D eigenvalue weighted by atomic mass is 16.5. The number of para-hydroxylation sites is 1. The lowest BCUT2D eigenvalue weighted by Crippen LogP contribution is -1.99. The Morgan fingerprint density at radius 1 is 1.05 bits per heavy atom. The van der Waals surface area contributed by atoms with Gasteiger partial charge in [0, 0.05) is 11.6 Å². The van der Waals surface area contributed by atoms with Crippen LogP contribution in [0, 0.1) is 0 Å². The van der Waals surface area contributed by atoms with Crippen molar-refractivity contribution in [3.8, 4) is 5.75 Å². The second-order valence-electron chi connectivity index (χ2n) is 4.62. The van der Waals surface area contributed by atoms with Crippen molar-refractivity contribution in [1.29, 1.82) is 0 Å². The van der Waals surface area contributed by atoms with Gasteiger partial charge in [-0.15, -0.1) is 0 Å². The molecule has 4 heteroatoms. The van der Waals surface area contributed by atoms with Crippen LogP contribution in [-0.4, -0.2) is 16.1 Å². The maximum absolute atomic E-state index is 10.8. The zero-order chi connectivity index (χ0) is 14.7. The van der Waals surface area contributed by atoms with Gasteiger partial charge in [0.25, 0.3) is 0 Å². The average Bonchev–Trinajstić information content (AvgIpc) is 2.53. The number of benzene rings is 2. The van der Waals surface area contributed by atoms with E-state index in [2.05, 4.69) is 4.98 Å². The molecule has 1 N–H and O–H groups in total. The van der Waals surface area contributed by atoms with E-state index in [0.29, 0.717) is 6.61 Å². The van der Waals surface area contributed by atoms with E-state index in [1.54, 1.807) is 30.5 Å². The van der Waals surface area contributed by atoms with Gasteiger partial charge in [-0.25, -0.2) is 4.79 Å². The van der Waals surface area contributed by atoms with E-state index < -0.39 is 5.97 Å². The number of pyridine rings is 1. The van der Waals surface area contributed by atoms with Crippen LogP contribution in [0.2, 0.25) is 0 Å². The number of nitrogens with zero attached hydrogens (tertiary/aromatic N) is 1. The maximum atomic E-state index is 10.8. The first kappa shape index (κ1) is 13.1. The van der Waals surface area contributed by atoms with Gasteiger partial charge in [0.05, 0.1) is 5.56 Å². The molecule has 0 fully saturated rings. The lowest BCUT2D eigenvalue weighted by molar-refractivity contribution is 0.0697. The Labute approximate surface area is 121 Å². The molecule has 0 aliphatic rings. The van der Waals surface area contributed by atoms with Crippen molar-refractivity contribution >= 4 is 16.9 Å². The summed E-state index contributed by atoms with van der Waals surface area (Å²) in [5.41, 5.74) is 2.00. The Kier molecular flexibility index (Phi) is 3.51. The topological polar surface area (TPSA) is 59.4 Å². The number of carboxylic acids is 1. The van der Waals surface area contributed by atoms with Gasteiger partial charge in [-0.1, -0.05) is 30.3 Å². The zero-order valence-electron chi connectivity index (χ0n) is 11.2. The van der Waals surface area contributed by atoms with Crippen molar-refractivity contribution in [3.05, 3.63) is 71.9 Å². The number of ether oxygens (including phenoxy) is 1. The summed E-state index contributed by atoms with van der Waals surface area (Å²) in [6, 6.07) is 16.3. The van der Waals surface area contributed by atoms with Gasteiger partial charge >= 0.3 is 5.97 Å². The van der Waals surface area contributed by atoms with Gasteiger partial charge in [0.2, 0.25) is 0 Å². The van der Waals surface area contributed by atoms with E-state index in [0.717, 1.165) is 22.2 Å². The third kappa shape index (κ3) is 2.84. The Balaban J connectivity index is 1.79. The van der Waals surface area contributed by atoms with Crippen molar-refractivity contribution in [1.82, 2.24) is 4.98 Å². The summed E-state index contributed by atoms with van der Waals surface area (Å²) in [5, 5.41) is 9.89. The zero-order valence-corrected chi connectivity index (χ0v) is 11.2. The van der Waals surface area contributed by atoms with Crippen molar-refractivity contribution in [3.63, 3.8) is 0 Å². The summed E-state index contributed by atoms with van der Waals surface area (Å²) >= 11 is 0. The average molecular weight is 279 g/mol. The molecule has 1 aromatic heterocycles. The molecule has 0 radical (unpaired) electrons. The standard InChI is InChI=1S/C17H13NO3/c19-17(20)14-8-6-12(7-9-14)11-21-15-5-1-3-13-4-2-10-18-16(13)15/h1-10H,11H2,(H,19,20). The Hall–Kier alpha value is -2.88. The van der Waals surface area contributed by atoms with Crippen molar-refractivity contribution < 1.29 is 14.6 Å². The number of carboxylic acid groups (broad SMARTS) is 1. The minimum atomic E-state index is -0.930. The highest BCUT2D eigenvalue weighted by molar-refractivity contribution is 5.87. The van der Waals surface area contributed by atoms with Gasteiger partial charge in [-0.2, -0.15) is 0 Å². The molecule has 0 unspecified atom stereocenters. The third-order valence-corrected chi connectivity index (χ3v) is 3.19. The molecular formula is C17H13NO3. The predicted octanol–water partition coefficient (Wildman–Crippen LogP) is 3.51. The van der Waals surface area contributed by atoms with Gasteiger partial charge < -0.3 is 9.84 Å². The number of carbonyl (C=O) groups is 1. The molecule has 0 aliphatic carbocycles. The van der Waals surface area contributed by atoms with E-state index in [1.165, 1.54) is 0 Å². The summed E-state index contributed by atoms with van der Waals surface area (Å²) in [7, 11) is 0. The van der Waals surface area contributed by atoms with Gasteiger partial charge in [-0.05, 0) is 29.8 Å². The smallest absolute Gasteiger partial charge is 0.335 e. The van der Waals surface area contributed by atoms with E-state index in [4.69, 9.17) is 9.84 Å². The molecule has 3 aromatic rings. The molecule has 0 aliphatic heterocycles. The van der Waals surface area contributed by atoms with Crippen LogP contribution in [0.25, 0.3) is 10.9 Å². The van der Waals surface area contributed by atoms with E-state index in [9.17, 15) is 4.79 Å². The van der Waals surface area contributed by atoms with E-state index in [-0.39, 0.29) is 5.56 Å². The first-order valence-electron chi connectivity index (χ1n) is 6.53. The number of hydrogen-bond donors (Lipinski definition) is 1. The maximum Gasteiger partial charge on any atom is 0.335 e. The van der Waals surface area contributed by atoms with Crippen molar-refractivity contribution in [2.24, 2.45) is 0 Å². The van der Waals surface area contributed by atoms with Crippen molar-refractivity contribution in [2.75, 3.05) is 0 Å². The molecule has 104 valence electrons. The predicted molar refractivity (Wildman–Crippen MR) is 79.5 cm³/mol. The Morgan fingerprint density at radius 2 is 1.81 bits per heavy atom. The molecule has 4 nitrogen and oxygen atoms in total. The quantitative estimate of drug-likeness (QED) is 0.794. The monoisotopic (exact) mass is 279 g/mol.